The Morgan fingerprint density at radius 2 is 1.79 bits per heavy atom. The maximum atomic E-state index is 12.9. The summed E-state index contributed by atoms with van der Waals surface area (Å²) < 4.78 is 38.6. The third kappa shape index (κ3) is 4.42. The first-order chi connectivity index (χ1) is 13.5. The second kappa shape index (κ2) is 8.30. The fourth-order valence-corrected chi connectivity index (χ4v) is 3.18. The molecule has 28 heavy (non-hydrogen) atoms. The molecule has 0 atom stereocenters. The number of hydrogen-bond acceptors (Lipinski definition) is 6. The third-order valence-electron chi connectivity index (χ3n) is 3.53. The molecule has 0 aliphatic heterocycles. The van der Waals surface area contributed by atoms with E-state index in [1.165, 1.54) is 17.5 Å². The number of halogens is 3. The van der Waals surface area contributed by atoms with Gasteiger partial charge >= 0.3 is 6.18 Å². The quantitative estimate of drug-likeness (QED) is 0.459. The lowest BCUT2D eigenvalue weighted by Crippen LogP contribution is -2.05. The van der Waals surface area contributed by atoms with Crippen LogP contribution in [0.5, 0.6) is 0 Å². The van der Waals surface area contributed by atoms with E-state index in [4.69, 9.17) is 0 Å². The van der Waals surface area contributed by atoms with Gasteiger partial charge in [-0.3, -0.25) is 9.97 Å². The van der Waals surface area contributed by atoms with E-state index in [1.54, 1.807) is 30.6 Å². The number of pyridine rings is 3. The minimum absolute atomic E-state index is 0.303. The van der Waals surface area contributed by atoms with Crippen LogP contribution in [0.3, 0.4) is 0 Å². The zero-order valence-corrected chi connectivity index (χ0v) is 15.8. The molecule has 0 saturated heterocycles. The molecule has 0 fully saturated rings. The van der Waals surface area contributed by atoms with Crippen LogP contribution in [0.15, 0.2) is 55.1 Å². The lowest BCUT2D eigenvalue weighted by molar-refractivity contribution is -0.137. The van der Waals surface area contributed by atoms with Crippen LogP contribution in [-0.4, -0.2) is 19.9 Å². The Bertz CT molecular complexity index is 1060. The van der Waals surface area contributed by atoms with Crippen LogP contribution in [0.1, 0.15) is 19.4 Å². The molecule has 0 spiro atoms. The van der Waals surface area contributed by atoms with Gasteiger partial charge in [0.2, 0.25) is 0 Å². The Kier molecular flexibility index (Phi) is 5.84. The predicted molar refractivity (Wildman–Crippen MR) is 105 cm³/mol. The molecule has 4 aromatic rings. The molecule has 0 aliphatic carbocycles. The molecule has 4 heterocycles. The van der Waals surface area contributed by atoms with Crippen molar-refractivity contribution in [1.82, 2.24) is 19.9 Å². The molecular formula is C19H16F3N5S. The molecule has 5 nitrogen and oxygen atoms in total. The summed E-state index contributed by atoms with van der Waals surface area (Å²) in [4.78, 5) is 17.2. The highest BCUT2D eigenvalue weighted by Gasteiger charge is 2.31. The first-order valence-electron chi connectivity index (χ1n) is 8.46. The summed E-state index contributed by atoms with van der Waals surface area (Å²) in [5.41, 5.74) is 1.35. The Balaban J connectivity index is 0.00000109. The normalized spacial score (nSPS) is 11.0. The molecule has 0 saturated carbocycles. The summed E-state index contributed by atoms with van der Waals surface area (Å²) >= 11 is 1.31. The minimum Gasteiger partial charge on any atom is -0.330 e. The molecule has 1 N–H and O–H groups in total. The van der Waals surface area contributed by atoms with Crippen LogP contribution in [0.4, 0.5) is 24.0 Å². The molecule has 0 radical (unpaired) electrons. The smallest absolute Gasteiger partial charge is 0.330 e. The lowest BCUT2D eigenvalue weighted by Gasteiger charge is -2.07. The Labute approximate surface area is 163 Å². The molecule has 0 amide bonds. The van der Waals surface area contributed by atoms with Crippen LogP contribution in [0, 0.1) is 0 Å². The summed E-state index contributed by atoms with van der Waals surface area (Å²) in [6.45, 7) is 4.00. The fraction of sp³-hybridized carbons (Fsp3) is 0.158. The monoisotopic (exact) mass is 403 g/mol. The molecule has 4 aromatic heterocycles. The molecule has 0 unspecified atom stereocenters. The zero-order chi connectivity index (χ0) is 20.1. The molecule has 0 aromatic carbocycles. The van der Waals surface area contributed by atoms with Crippen molar-refractivity contribution in [1.29, 1.82) is 0 Å². The second-order valence-corrected chi connectivity index (χ2v) is 6.34. The lowest BCUT2D eigenvalue weighted by atomic mass is 10.1. The number of nitrogens with one attached hydrogen (secondary N) is 1. The van der Waals surface area contributed by atoms with Crippen LogP contribution >= 0.6 is 11.3 Å². The number of anilines is 2. The van der Waals surface area contributed by atoms with Crippen LogP contribution in [-0.2, 0) is 6.18 Å². The molecule has 0 bridgehead atoms. The number of nitrogens with zero attached hydrogens (tertiary/aromatic N) is 4. The highest BCUT2D eigenvalue weighted by atomic mass is 32.1. The first-order valence-corrected chi connectivity index (χ1v) is 9.28. The Morgan fingerprint density at radius 3 is 2.50 bits per heavy atom. The molecular weight excluding hydrogens is 387 g/mol. The Morgan fingerprint density at radius 1 is 0.964 bits per heavy atom. The number of alkyl halides is 3. The number of aromatic nitrogens is 4. The van der Waals surface area contributed by atoms with E-state index in [1.807, 2.05) is 19.9 Å². The summed E-state index contributed by atoms with van der Waals surface area (Å²) in [6.07, 6.45) is 1.04. The average Bonchev–Trinajstić information content (AvgIpc) is 3.11. The number of fused-ring (bicyclic) bond motifs is 1. The fourth-order valence-electron chi connectivity index (χ4n) is 2.33. The van der Waals surface area contributed by atoms with E-state index in [0.717, 1.165) is 18.0 Å². The number of rotatable bonds is 3. The van der Waals surface area contributed by atoms with Gasteiger partial charge in [0, 0.05) is 24.2 Å². The largest absolute Gasteiger partial charge is 0.417 e. The van der Waals surface area contributed by atoms with Crippen molar-refractivity contribution < 1.29 is 13.2 Å². The van der Waals surface area contributed by atoms with Crippen molar-refractivity contribution in [2.75, 3.05) is 5.32 Å². The minimum atomic E-state index is -4.45. The third-order valence-corrected chi connectivity index (χ3v) is 4.41. The predicted octanol–water partition coefficient (Wildman–Crippen LogP) is 5.94. The van der Waals surface area contributed by atoms with Gasteiger partial charge in [-0.25, -0.2) is 9.97 Å². The van der Waals surface area contributed by atoms with Crippen LogP contribution in [0.2, 0.25) is 0 Å². The summed E-state index contributed by atoms with van der Waals surface area (Å²) in [5, 5.41) is 3.75. The zero-order valence-electron chi connectivity index (χ0n) is 15.0. The SMILES string of the molecule is CC.FC(F)(F)c1cncc(-c2ccc3nc(Nc4cccnc4)sc3n2)c1. The highest BCUT2D eigenvalue weighted by Crippen LogP contribution is 2.32. The Hall–Kier alpha value is -3.07. The summed E-state index contributed by atoms with van der Waals surface area (Å²) in [5.74, 6) is 0. The molecule has 9 heteroatoms. The number of thiazole rings is 1. The van der Waals surface area contributed by atoms with E-state index in [2.05, 4.69) is 25.3 Å². The average molecular weight is 403 g/mol. The van der Waals surface area contributed by atoms with Crippen molar-refractivity contribution in [2.45, 2.75) is 20.0 Å². The summed E-state index contributed by atoms with van der Waals surface area (Å²) in [6, 6.07) is 8.05. The maximum absolute atomic E-state index is 12.9. The van der Waals surface area contributed by atoms with Crippen LogP contribution < -0.4 is 5.32 Å². The maximum Gasteiger partial charge on any atom is 0.417 e. The van der Waals surface area contributed by atoms with E-state index in [0.29, 0.717) is 26.7 Å². The topological polar surface area (TPSA) is 63.6 Å². The van der Waals surface area contributed by atoms with Crippen molar-refractivity contribution in [3.8, 4) is 11.3 Å². The van der Waals surface area contributed by atoms with Crippen molar-refractivity contribution in [3.05, 3.63) is 60.7 Å². The van der Waals surface area contributed by atoms with Gasteiger partial charge in [0.05, 0.1) is 23.1 Å². The van der Waals surface area contributed by atoms with Crippen molar-refractivity contribution >= 4 is 32.5 Å². The number of hydrogen-bond donors (Lipinski definition) is 1. The van der Waals surface area contributed by atoms with E-state index >= 15 is 0 Å². The molecule has 0 aliphatic rings. The van der Waals surface area contributed by atoms with E-state index in [9.17, 15) is 13.2 Å². The van der Waals surface area contributed by atoms with Gasteiger partial charge < -0.3 is 5.32 Å². The first kappa shape index (κ1) is 19.7. The van der Waals surface area contributed by atoms with E-state index < -0.39 is 11.7 Å². The van der Waals surface area contributed by atoms with Crippen molar-refractivity contribution in [3.63, 3.8) is 0 Å². The van der Waals surface area contributed by atoms with Gasteiger partial charge in [0.1, 0.15) is 10.3 Å². The molecule has 144 valence electrons. The van der Waals surface area contributed by atoms with Gasteiger partial charge in [-0.05, 0) is 30.3 Å². The van der Waals surface area contributed by atoms with Gasteiger partial charge in [0.15, 0.2) is 5.13 Å². The van der Waals surface area contributed by atoms with Gasteiger partial charge in [-0.15, -0.1) is 0 Å². The summed E-state index contributed by atoms with van der Waals surface area (Å²) in [7, 11) is 0. The second-order valence-electron chi connectivity index (χ2n) is 5.37. The van der Waals surface area contributed by atoms with Gasteiger partial charge in [-0.2, -0.15) is 13.2 Å². The molecule has 4 rings (SSSR count). The van der Waals surface area contributed by atoms with E-state index in [-0.39, 0.29) is 0 Å². The van der Waals surface area contributed by atoms with Gasteiger partial charge in [0.25, 0.3) is 0 Å². The highest BCUT2D eigenvalue weighted by molar-refractivity contribution is 7.21. The standard InChI is InChI=1S/C17H10F3N5S.C2H6/c18-17(19,20)11-6-10(7-22-8-11)13-3-4-14-15(24-13)26-16(25-14)23-12-2-1-5-21-9-12;1-2/h1-9H,(H,23,25);1-2H3. The van der Waals surface area contributed by atoms with Crippen molar-refractivity contribution in [2.24, 2.45) is 0 Å². The van der Waals surface area contributed by atoms with Gasteiger partial charge in [-0.1, -0.05) is 25.2 Å². The van der Waals surface area contributed by atoms with Crippen LogP contribution in [0.25, 0.3) is 21.6 Å².